The lowest BCUT2D eigenvalue weighted by molar-refractivity contribution is 0.0938. The number of carbonyl (C=O) groups excluding carboxylic acids is 1. The minimum Gasteiger partial charge on any atom is -0.385 e. The summed E-state index contributed by atoms with van der Waals surface area (Å²) in [4.78, 5) is 15.8. The number of nitrogens with zero attached hydrogens (tertiary/aromatic N) is 1. The van der Waals surface area contributed by atoms with Crippen molar-refractivity contribution in [1.29, 1.82) is 0 Å². The third-order valence-electron chi connectivity index (χ3n) is 3.43. The molecule has 1 saturated carbocycles. The van der Waals surface area contributed by atoms with Crippen LogP contribution in [0.3, 0.4) is 0 Å². The third kappa shape index (κ3) is 3.21. The van der Waals surface area contributed by atoms with Crippen molar-refractivity contribution >= 4 is 17.5 Å². The van der Waals surface area contributed by atoms with E-state index < -0.39 is 0 Å². The first-order valence-electron chi connectivity index (χ1n) is 6.03. The number of aromatic nitrogens is 1. The number of nitrogens with one attached hydrogen (secondary N) is 1. The fourth-order valence-corrected chi connectivity index (χ4v) is 2.14. The second-order valence-electron chi connectivity index (χ2n) is 4.78. The smallest absolute Gasteiger partial charge is 0.252 e. The van der Waals surface area contributed by atoms with E-state index in [1.165, 1.54) is 6.20 Å². The van der Waals surface area contributed by atoms with Gasteiger partial charge in [-0.25, -0.2) is 0 Å². The van der Waals surface area contributed by atoms with Crippen LogP contribution in [-0.2, 0) is 4.74 Å². The standard InChI is InChI=1S/C13H17ClN2O2/c1-18-7-5-13(3-4-13)9-16-12(17)10-2-6-15-8-11(10)14/h2,6,8H,3-5,7,9H2,1H3,(H,16,17). The summed E-state index contributed by atoms with van der Waals surface area (Å²) in [7, 11) is 1.70. The van der Waals surface area contributed by atoms with Gasteiger partial charge in [0.05, 0.1) is 10.6 Å². The van der Waals surface area contributed by atoms with Gasteiger partial charge in [-0.2, -0.15) is 0 Å². The highest BCUT2D eigenvalue weighted by Gasteiger charge is 2.42. The molecule has 2 rings (SSSR count). The molecule has 1 N–H and O–H groups in total. The molecule has 1 heterocycles. The van der Waals surface area contributed by atoms with Crippen LogP contribution in [0.15, 0.2) is 18.5 Å². The Kier molecular flexibility index (Phi) is 4.19. The Morgan fingerprint density at radius 1 is 1.61 bits per heavy atom. The molecule has 0 atom stereocenters. The Bertz CT molecular complexity index is 433. The van der Waals surface area contributed by atoms with Crippen LogP contribution in [-0.4, -0.2) is 31.2 Å². The highest BCUT2D eigenvalue weighted by Crippen LogP contribution is 2.48. The topological polar surface area (TPSA) is 51.2 Å². The molecule has 0 saturated heterocycles. The lowest BCUT2D eigenvalue weighted by Crippen LogP contribution is -2.31. The number of pyridine rings is 1. The lowest BCUT2D eigenvalue weighted by Gasteiger charge is -2.15. The Labute approximate surface area is 112 Å². The highest BCUT2D eigenvalue weighted by molar-refractivity contribution is 6.33. The van der Waals surface area contributed by atoms with E-state index in [-0.39, 0.29) is 11.3 Å². The van der Waals surface area contributed by atoms with Gasteiger partial charge in [-0.15, -0.1) is 0 Å². The lowest BCUT2D eigenvalue weighted by atomic mass is 10.0. The molecule has 0 spiro atoms. The number of amides is 1. The molecule has 1 amide bonds. The van der Waals surface area contributed by atoms with Gasteiger partial charge in [0.15, 0.2) is 0 Å². The summed E-state index contributed by atoms with van der Waals surface area (Å²) in [6, 6.07) is 1.63. The van der Waals surface area contributed by atoms with E-state index in [1.54, 1.807) is 19.4 Å². The number of rotatable bonds is 6. The van der Waals surface area contributed by atoms with Crippen LogP contribution >= 0.6 is 11.6 Å². The third-order valence-corrected chi connectivity index (χ3v) is 3.74. The molecule has 0 radical (unpaired) electrons. The average molecular weight is 269 g/mol. The van der Waals surface area contributed by atoms with Gasteiger partial charge in [-0.05, 0) is 30.7 Å². The fraction of sp³-hybridized carbons (Fsp3) is 0.538. The van der Waals surface area contributed by atoms with Crippen LogP contribution < -0.4 is 5.32 Å². The molecule has 0 aromatic carbocycles. The molecule has 1 aliphatic rings. The van der Waals surface area contributed by atoms with Crippen molar-refractivity contribution in [2.75, 3.05) is 20.3 Å². The zero-order chi connectivity index (χ0) is 13.0. The Morgan fingerprint density at radius 3 is 3.00 bits per heavy atom. The van der Waals surface area contributed by atoms with E-state index in [0.717, 1.165) is 25.9 Å². The molecule has 5 heteroatoms. The van der Waals surface area contributed by atoms with Gasteiger partial charge in [0.2, 0.25) is 0 Å². The maximum absolute atomic E-state index is 12.0. The predicted molar refractivity (Wildman–Crippen MR) is 69.7 cm³/mol. The van der Waals surface area contributed by atoms with Gasteiger partial charge in [0, 0.05) is 32.7 Å². The zero-order valence-electron chi connectivity index (χ0n) is 10.4. The summed E-state index contributed by atoms with van der Waals surface area (Å²) in [5.74, 6) is -0.133. The molecule has 0 aliphatic heterocycles. The van der Waals surface area contributed by atoms with E-state index in [1.807, 2.05) is 0 Å². The van der Waals surface area contributed by atoms with Gasteiger partial charge in [-0.1, -0.05) is 11.6 Å². The maximum atomic E-state index is 12.0. The molecule has 18 heavy (non-hydrogen) atoms. The van der Waals surface area contributed by atoms with Crippen LogP contribution in [0.25, 0.3) is 0 Å². The van der Waals surface area contributed by atoms with Crippen molar-refractivity contribution in [2.45, 2.75) is 19.3 Å². The van der Waals surface area contributed by atoms with Crippen molar-refractivity contribution in [3.63, 3.8) is 0 Å². The summed E-state index contributed by atoms with van der Waals surface area (Å²) in [5.41, 5.74) is 0.722. The van der Waals surface area contributed by atoms with E-state index in [9.17, 15) is 4.79 Å². The van der Waals surface area contributed by atoms with Crippen LogP contribution in [0, 0.1) is 5.41 Å². The summed E-state index contributed by atoms with van der Waals surface area (Å²) < 4.78 is 5.09. The normalized spacial score (nSPS) is 16.3. The number of hydrogen-bond donors (Lipinski definition) is 1. The predicted octanol–water partition coefficient (Wildman–Crippen LogP) is 2.28. The van der Waals surface area contributed by atoms with E-state index in [0.29, 0.717) is 17.1 Å². The minimum absolute atomic E-state index is 0.133. The van der Waals surface area contributed by atoms with Crippen LogP contribution in [0.4, 0.5) is 0 Å². The summed E-state index contributed by atoms with van der Waals surface area (Å²) in [5, 5.41) is 3.33. The molecular weight excluding hydrogens is 252 g/mol. The summed E-state index contributed by atoms with van der Waals surface area (Å²) in [6.45, 7) is 1.43. The molecule has 1 fully saturated rings. The Morgan fingerprint density at radius 2 is 2.39 bits per heavy atom. The molecule has 0 unspecified atom stereocenters. The van der Waals surface area contributed by atoms with Crippen LogP contribution in [0.1, 0.15) is 29.6 Å². The van der Waals surface area contributed by atoms with Crippen molar-refractivity contribution < 1.29 is 9.53 Å². The fourth-order valence-electron chi connectivity index (χ4n) is 1.93. The number of methoxy groups -OCH3 is 1. The van der Waals surface area contributed by atoms with E-state index in [2.05, 4.69) is 10.3 Å². The summed E-state index contributed by atoms with van der Waals surface area (Å²) in [6.07, 6.45) is 6.35. The van der Waals surface area contributed by atoms with Gasteiger partial charge >= 0.3 is 0 Å². The highest BCUT2D eigenvalue weighted by atomic mass is 35.5. The van der Waals surface area contributed by atoms with Crippen molar-refractivity contribution in [2.24, 2.45) is 5.41 Å². The van der Waals surface area contributed by atoms with Crippen molar-refractivity contribution in [3.05, 3.63) is 29.0 Å². The first-order valence-corrected chi connectivity index (χ1v) is 6.41. The van der Waals surface area contributed by atoms with Gasteiger partial charge in [0.1, 0.15) is 0 Å². The minimum atomic E-state index is -0.133. The molecule has 0 bridgehead atoms. The molecular formula is C13H17ClN2O2. The number of carbonyl (C=O) groups is 1. The largest absolute Gasteiger partial charge is 0.385 e. The molecule has 1 aromatic heterocycles. The Balaban J connectivity index is 1.87. The molecule has 1 aliphatic carbocycles. The van der Waals surface area contributed by atoms with Crippen LogP contribution in [0.2, 0.25) is 5.02 Å². The second-order valence-corrected chi connectivity index (χ2v) is 5.19. The van der Waals surface area contributed by atoms with Gasteiger partial charge in [-0.3, -0.25) is 9.78 Å². The first kappa shape index (κ1) is 13.3. The quantitative estimate of drug-likeness (QED) is 0.861. The number of hydrogen-bond acceptors (Lipinski definition) is 3. The second kappa shape index (κ2) is 5.67. The maximum Gasteiger partial charge on any atom is 0.252 e. The average Bonchev–Trinajstić information content (AvgIpc) is 3.15. The first-order chi connectivity index (χ1) is 8.67. The zero-order valence-corrected chi connectivity index (χ0v) is 11.2. The molecule has 1 aromatic rings. The van der Waals surface area contributed by atoms with E-state index >= 15 is 0 Å². The SMILES string of the molecule is COCCC1(CNC(=O)c2ccncc2Cl)CC1. The van der Waals surface area contributed by atoms with E-state index in [4.69, 9.17) is 16.3 Å². The monoisotopic (exact) mass is 268 g/mol. The van der Waals surface area contributed by atoms with Crippen LogP contribution in [0.5, 0.6) is 0 Å². The number of ether oxygens (including phenoxy) is 1. The molecule has 4 nitrogen and oxygen atoms in total. The van der Waals surface area contributed by atoms with Crippen molar-refractivity contribution in [3.8, 4) is 0 Å². The number of halogens is 1. The molecule has 98 valence electrons. The summed E-state index contributed by atoms with van der Waals surface area (Å²) >= 11 is 5.93. The van der Waals surface area contributed by atoms with Gasteiger partial charge in [0.25, 0.3) is 5.91 Å². The Hall–Kier alpha value is -1.13. The van der Waals surface area contributed by atoms with Crippen molar-refractivity contribution in [1.82, 2.24) is 10.3 Å². The van der Waals surface area contributed by atoms with Gasteiger partial charge < -0.3 is 10.1 Å².